The smallest absolute Gasteiger partial charge is 0.231 e. The molecule has 1 aromatic heterocycles. The van der Waals surface area contributed by atoms with Crippen LogP contribution in [0.5, 0.6) is 0 Å². The normalized spacial score (nSPS) is 11.1. The topological polar surface area (TPSA) is 68.0 Å². The van der Waals surface area contributed by atoms with Crippen LogP contribution in [0.2, 0.25) is 0 Å². The zero-order valence-electron chi connectivity index (χ0n) is 9.37. The molecule has 1 heterocycles. The molecule has 0 aliphatic rings. The first-order chi connectivity index (χ1) is 6.97. The van der Waals surface area contributed by atoms with Crippen molar-refractivity contribution in [2.24, 2.45) is 5.41 Å². The third-order valence-corrected chi connectivity index (χ3v) is 2.57. The summed E-state index contributed by atoms with van der Waals surface area (Å²) in [6.45, 7) is 5.75. The van der Waals surface area contributed by atoms with Crippen LogP contribution in [-0.2, 0) is 4.79 Å². The maximum absolute atomic E-state index is 11.8. The third-order valence-electron chi connectivity index (χ3n) is 2.57. The predicted molar refractivity (Wildman–Crippen MR) is 61.4 cm³/mol. The molecule has 4 nitrogen and oxygen atoms in total. The second-order valence-corrected chi connectivity index (χ2v) is 4.13. The lowest BCUT2D eigenvalue weighted by atomic mass is 9.89. The van der Waals surface area contributed by atoms with E-state index in [9.17, 15) is 4.79 Å². The van der Waals surface area contributed by atoms with E-state index in [1.165, 1.54) is 0 Å². The van der Waals surface area contributed by atoms with Crippen molar-refractivity contribution in [2.45, 2.75) is 27.2 Å². The summed E-state index contributed by atoms with van der Waals surface area (Å²) in [5, 5.41) is 2.73. The van der Waals surface area contributed by atoms with Crippen LogP contribution in [0.25, 0.3) is 0 Å². The van der Waals surface area contributed by atoms with Crippen LogP contribution in [0, 0.1) is 5.41 Å². The van der Waals surface area contributed by atoms with Crippen molar-refractivity contribution in [1.29, 1.82) is 0 Å². The predicted octanol–water partition coefficient (Wildman–Crippen LogP) is 2.04. The van der Waals surface area contributed by atoms with Gasteiger partial charge in [0.25, 0.3) is 0 Å². The van der Waals surface area contributed by atoms with Gasteiger partial charge >= 0.3 is 0 Å². The standard InChI is InChI=1S/C11H17N3O/c1-4-11(2,3)10(15)14-9-8(12)6-5-7-13-9/h5-7H,4,12H2,1-3H3,(H,13,14,15). The van der Waals surface area contributed by atoms with Crippen LogP contribution >= 0.6 is 0 Å². The number of amides is 1. The minimum absolute atomic E-state index is 0.0598. The maximum Gasteiger partial charge on any atom is 0.231 e. The van der Waals surface area contributed by atoms with Crippen molar-refractivity contribution >= 4 is 17.4 Å². The number of carbonyl (C=O) groups is 1. The Balaban J connectivity index is 2.80. The minimum Gasteiger partial charge on any atom is -0.396 e. The van der Waals surface area contributed by atoms with Gasteiger partial charge in [0.1, 0.15) is 0 Å². The minimum atomic E-state index is -0.399. The summed E-state index contributed by atoms with van der Waals surface area (Å²) in [5.41, 5.74) is 5.76. The highest BCUT2D eigenvalue weighted by molar-refractivity contribution is 5.96. The molecule has 4 heteroatoms. The monoisotopic (exact) mass is 207 g/mol. The first-order valence-corrected chi connectivity index (χ1v) is 4.99. The fraction of sp³-hybridized carbons (Fsp3) is 0.455. The molecule has 0 atom stereocenters. The van der Waals surface area contributed by atoms with Crippen molar-refractivity contribution in [3.63, 3.8) is 0 Å². The van der Waals surface area contributed by atoms with Crippen molar-refractivity contribution in [3.05, 3.63) is 18.3 Å². The molecule has 82 valence electrons. The Morgan fingerprint density at radius 1 is 1.60 bits per heavy atom. The number of nitrogens with zero attached hydrogens (tertiary/aromatic N) is 1. The molecular weight excluding hydrogens is 190 g/mol. The fourth-order valence-electron chi connectivity index (χ4n) is 0.959. The second-order valence-electron chi connectivity index (χ2n) is 4.13. The molecule has 0 fully saturated rings. The first-order valence-electron chi connectivity index (χ1n) is 4.99. The molecule has 0 saturated carbocycles. The number of anilines is 2. The summed E-state index contributed by atoms with van der Waals surface area (Å²) < 4.78 is 0. The van der Waals surface area contributed by atoms with Gasteiger partial charge in [-0.1, -0.05) is 20.8 Å². The second kappa shape index (κ2) is 4.29. The summed E-state index contributed by atoms with van der Waals surface area (Å²) in [7, 11) is 0. The van der Waals surface area contributed by atoms with Crippen LogP contribution in [0.15, 0.2) is 18.3 Å². The Hall–Kier alpha value is -1.58. The molecule has 0 radical (unpaired) electrons. The molecule has 0 saturated heterocycles. The Morgan fingerprint density at radius 2 is 2.27 bits per heavy atom. The fourth-order valence-corrected chi connectivity index (χ4v) is 0.959. The number of carbonyl (C=O) groups excluding carboxylic acids is 1. The van der Waals surface area contributed by atoms with Crippen LogP contribution in [0.1, 0.15) is 27.2 Å². The highest BCUT2D eigenvalue weighted by atomic mass is 16.2. The van der Waals surface area contributed by atoms with Crippen molar-refractivity contribution in [2.75, 3.05) is 11.1 Å². The Kier molecular flexibility index (Phi) is 3.29. The van der Waals surface area contributed by atoms with E-state index in [1.54, 1.807) is 18.3 Å². The van der Waals surface area contributed by atoms with E-state index >= 15 is 0 Å². The third kappa shape index (κ3) is 2.68. The Morgan fingerprint density at radius 3 is 2.80 bits per heavy atom. The Bertz CT molecular complexity index is 361. The van der Waals surface area contributed by atoms with Crippen molar-refractivity contribution < 1.29 is 4.79 Å². The van der Waals surface area contributed by atoms with E-state index in [1.807, 2.05) is 20.8 Å². The van der Waals surface area contributed by atoms with Gasteiger partial charge in [-0.25, -0.2) is 4.98 Å². The molecule has 0 unspecified atom stereocenters. The zero-order chi connectivity index (χ0) is 11.5. The van der Waals surface area contributed by atoms with Gasteiger partial charge in [0.05, 0.1) is 5.69 Å². The molecular formula is C11H17N3O. The van der Waals surface area contributed by atoms with Crippen LogP contribution in [-0.4, -0.2) is 10.9 Å². The number of pyridine rings is 1. The van der Waals surface area contributed by atoms with Gasteiger partial charge in [0.15, 0.2) is 5.82 Å². The number of nitrogen functional groups attached to an aromatic ring is 1. The lowest BCUT2D eigenvalue weighted by Gasteiger charge is -2.21. The number of aromatic nitrogens is 1. The zero-order valence-corrected chi connectivity index (χ0v) is 9.37. The molecule has 1 amide bonds. The van der Waals surface area contributed by atoms with Crippen molar-refractivity contribution in [3.8, 4) is 0 Å². The summed E-state index contributed by atoms with van der Waals surface area (Å²) in [5.74, 6) is 0.374. The van der Waals surface area contributed by atoms with Gasteiger partial charge in [-0.3, -0.25) is 4.79 Å². The highest BCUT2D eigenvalue weighted by Gasteiger charge is 2.25. The lowest BCUT2D eigenvalue weighted by molar-refractivity contribution is -0.124. The van der Waals surface area contributed by atoms with Gasteiger partial charge in [0.2, 0.25) is 5.91 Å². The molecule has 0 aliphatic carbocycles. The van der Waals surface area contributed by atoms with E-state index in [4.69, 9.17) is 5.73 Å². The van der Waals surface area contributed by atoms with Gasteiger partial charge in [-0.05, 0) is 18.6 Å². The average Bonchev–Trinajstić information content (AvgIpc) is 2.21. The summed E-state index contributed by atoms with van der Waals surface area (Å²) in [6.07, 6.45) is 2.37. The largest absolute Gasteiger partial charge is 0.396 e. The van der Waals surface area contributed by atoms with Gasteiger partial charge in [-0.2, -0.15) is 0 Å². The SMILES string of the molecule is CCC(C)(C)C(=O)Nc1ncccc1N. The number of hydrogen-bond donors (Lipinski definition) is 2. The number of nitrogens with one attached hydrogen (secondary N) is 1. The average molecular weight is 207 g/mol. The molecule has 0 bridgehead atoms. The van der Waals surface area contributed by atoms with Crippen LogP contribution in [0.4, 0.5) is 11.5 Å². The molecule has 0 spiro atoms. The van der Waals surface area contributed by atoms with Crippen LogP contribution < -0.4 is 11.1 Å². The lowest BCUT2D eigenvalue weighted by Crippen LogP contribution is -2.30. The van der Waals surface area contributed by atoms with Crippen molar-refractivity contribution in [1.82, 2.24) is 4.98 Å². The number of rotatable bonds is 3. The van der Waals surface area contributed by atoms with Gasteiger partial charge in [0, 0.05) is 11.6 Å². The van der Waals surface area contributed by atoms with Crippen LogP contribution in [0.3, 0.4) is 0 Å². The van der Waals surface area contributed by atoms with E-state index in [0.717, 1.165) is 6.42 Å². The summed E-state index contributed by atoms with van der Waals surface area (Å²) in [4.78, 5) is 15.8. The first kappa shape index (κ1) is 11.5. The molecule has 15 heavy (non-hydrogen) atoms. The maximum atomic E-state index is 11.8. The van der Waals surface area contributed by atoms with E-state index in [0.29, 0.717) is 11.5 Å². The molecule has 3 N–H and O–H groups in total. The van der Waals surface area contributed by atoms with E-state index in [-0.39, 0.29) is 5.91 Å². The summed E-state index contributed by atoms with van der Waals surface area (Å²) in [6, 6.07) is 3.44. The van der Waals surface area contributed by atoms with E-state index < -0.39 is 5.41 Å². The van der Waals surface area contributed by atoms with E-state index in [2.05, 4.69) is 10.3 Å². The Labute approximate surface area is 89.9 Å². The molecule has 0 aliphatic heterocycles. The highest BCUT2D eigenvalue weighted by Crippen LogP contribution is 2.23. The molecule has 1 aromatic rings. The molecule has 0 aromatic carbocycles. The van der Waals surface area contributed by atoms with Gasteiger partial charge in [-0.15, -0.1) is 0 Å². The molecule has 1 rings (SSSR count). The number of hydrogen-bond acceptors (Lipinski definition) is 3. The number of nitrogens with two attached hydrogens (primary N) is 1. The van der Waals surface area contributed by atoms with Gasteiger partial charge < -0.3 is 11.1 Å². The quantitative estimate of drug-likeness (QED) is 0.797. The summed E-state index contributed by atoms with van der Waals surface area (Å²) >= 11 is 0.